The molecule has 2 aliphatic rings. The van der Waals surface area contributed by atoms with Crippen LogP contribution in [0.5, 0.6) is 0 Å². The zero-order chi connectivity index (χ0) is 17.6. The quantitative estimate of drug-likeness (QED) is 0.742. The molecule has 3 N–H and O–H groups in total. The minimum atomic E-state index is -0.176. The lowest BCUT2D eigenvalue weighted by molar-refractivity contribution is 0.177. The minimum Gasteiger partial charge on any atom is -0.393 e. The number of carbonyl (C=O) groups is 1. The van der Waals surface area contributed by atoms with Crippen molar-refractivity contribution < 1.29 is 9.90 Å². The highest BCUT2D eigenvalue weighted by Crippen LogP contribution is 2.25. The van der Waals surface area contributed by atoms with Crippen molar-refractivity contribution >= 4 is 6.03 Å². The first-order valence-corrected chi connectivity index (χ1v) is 9.58. The first kappa shape index (κ1) is 18.2. The van der Waals surface area contributed by atoms with Gasteiger partial charge >= 0.3 is 6.03 Å². The molecule has 0 radical (unpaired) electrons. The molecule has 1 aliphatic carbocycles. The van der Waals surface area contributed by atoms with Crippen molar-refractivity contribution in [3.63, 3.8) is 0 Å². The van der Waals surface area contributed by atoms with E-state index in [9.17, 15) is 9.90 Å². The maximum atomic E-state index is 12.0. The fraction of sp³-hybridized carbons (Fsp3) is 0.650. The van der Waals surface area contributed by atoms with Crippen LogP contribution in [-0.2, 0) is 6.54 Å². The van der Waals surface area contributed by atoms with Crippen molar-refractivity contribution in [2.24, 2.45) is 11.8 Å². The number of hydrogen-bond donors (Lipinski definition) is 3. The number of rotatable bonds is 6. The molecule has 4 atom stereocenters. The Bertz CT molecular complexity index is 551. The van der Waals surface area contributed by atoms with Gasteiger partial charge in [-0.3, -0.25) is 4.90 Å². The zero-order valence-electron chi connectivity index (χ0n) is 15.2. The largest absolute Gasteiger partial charge is 0.393 e. The number of aliphatic hydroxyl groups is 1. The average molecular weight is 345 g/mol. The van der Waals surface area contributed by atoms with Crippen molar-refractivity contribution in [2.45, 2.75) is 51.3 Å². The molecule has 1 aromatic rings. The van der Waals surface area contributed by atoms with E-state index in [1.54, 1.807) is 0 Å². The summed E-state index contributed by atoms with van der Waals surface area (Å²) in [5.41, 5.74) is 1.35. The predicted octanol–water partition coefficient (Wildman–Crippen LogP) is 2.36. The Hall–Kier alpha value is -1.59. The van der Waals surface area contributed by atoms with Crippen LogP contribution in [-0.4, -0.2) is 47.8 Å². The van der Waals surface area contributed by atoms with Crippen LogP contribution in [0.3, 0.4) is 0 Å². The number of carbonyl (C=O) groups excluding carboxylic acids is 1. The monoisotopic (exact) mass is 345 g/mol. The highest BCUT2D eigenvalue weighted by molar-refractivity contribution is 5.73. The summed E-state index contributed by atoms with van der Waals surface area (Å²) >= 11 is 0. The summed E-state index contributed by atoms with van der Waals surface area (Å²) in [4.78, 5) is 14.5. The van der Waals surface area contributed by atoms with E-state index in [0.29, 0.717) is 24.4 Å². The summed E-state index contributed by atoms with van der Waals surface area (Å²) in [5, 5.41) is 15.5. The first-order chi connectivity index (χ1) is 12.1. The van der Waals surface area contributed by atoms with E-state index in [-0.39, 0.29) is 12.1 Å². The molecule has 138 valence electrons. The first-order valence-electron chi connectivity index (χ1n) is 9.58. The number of aliphatic hydroxyl groups excluding tert-OH is 1. The summed E-state index contributed by atoms with van der Waals surface area (Å²) < 4.78 is 0. The van der Waals surface area contributed by atoms with Gasteiger partial charge < -0.3 is 15.7 Å². The molecule has 3 rings (SSSR count). The van der Waals surface area contributed by atoms with Gasteiger partial charge in [0.25, 0.3) is 0 Å². The zero-order valence-corrected chi connectivity index (χ0v) is 15.2. The third kappa shape index (κ3) is 5.44. The molecule has 0 spiro atoms. The number of hydrogen-bond acceptors (Lipinski definition) is 3. The van der Waals surface area contributed by atoms with Gasteiger partial charge in [0.05, 0.1) is 6.10 Å². The molecule has 1 aliphatic heterocycles. The van der Waals surface area contributed by atoms with E-state index in [0.717, 1.165) is 45.3 Å². The van der Waals surface area contributed by atoms with Crippen molar-refractivity contribution in [3.05, 3.63) is 35.9 Å². The average Bonchev–Trinajstić information content (AvgIpc) is 3.18. The van der Waals surface area contributed by atoms with Crippen LogP contribution in [0.1, 0.15) is 38.2 Å². The van der Waals surface area contributed by atoms with Gasteiger partial charge in [-0.05, 0) is 50.0 Å². The Kier molecular flexibility index (Phi) is 6.32. The number of amides is 2. The second-order valence-corrected chi connectivity index (χ2v) is 7.79. The van der Waals surface area contributed by atoms with Gasteiger partial charge in [-0.2, -0.15) is 0 Å². The molecule has 1 saturated heterocycles. The van der Waals surface area contributed by atoms with Crippen LogP contribution in [0.15, 0.2) is 30.3 Å². The van der Waals surface area contributed by atoms with Gasteiger partial charge in [-0.1, -0.05) is 30.3 Å². The van der Waals surface area contributed by atoms with E-state index in [2.05, 4.69) is 52.8 Å². The third-order valence-electron chi connectivity index (χ3n) is 5.64. The van der Waals surface area contributed by atoms with E-state index >= 15 is 0 Å². The van der Waals surface area contributed by atoms with Crippen LogP contribution in [0.25, 0.3) is 0 Å². The Morgan fingerprint density at radius 3 is 2.52 bits per heavy atom. The Balaban J connectivity index is 1.35. The van der Waals surface area contributed by atoms with E-state index in [4.69, 9.17) is 0 Å². The van der Waals surface area contributed by atoms with Gasteiger partial charge in [-0.15, -0.1) is 0 Å². The third-order valence-corrected chi connectivity index (χ3v) is 5.64. The van der Waals surface area contributed by atoms with Crippen molar-refractivity contribution in [1.82, 2.24) is 15.5 Å². The maximum Gasteiger partial charge on any atom is 0.314 e. The summed E-state index contributed by atoms with van der Waals surface area (Å²) in [6.07, 6.45) is 3.64. The van der Waals surface area contributed by atoms with Crippen LogP contribution < -0.4 is 10.6 Å². The Morgan fingerprint density at radius 2 is 1.84 bits per heavy atom. The van der Waals surface area contributed by atoms with Crippen LogP contribution in [0, 0.1) is 11.8 Å². The molecule has 5 heteroatoms. The highest BCUT2D eigenvalue weighted by Gasteiger charge is 2.29. The molecule has 0 unspecified atom stereocenters. The lowest BCUT2D eigenvalue weighted by atomic mass is 10.1. The smallest absolute Gasteiger partial charge is 0.314 e. The molecule has 0 bridgehead atoms. The summed E-state index contributed by atoms with van der Waals surface area (Å²) in [5.74, 6) is 0.936. The Labute approximate surface area is 150 Å². The number of urea groups is 1. The van der Waals surface area contributed by atoms with Gasteiger partial charge in [-0.25, -0.2) is 4.79 Å². The lowest BCUT2D eigenvalue weighted by Gasteiger charge is -2.21. The number of nitrogens with zero attached hydrogens (tertiary/aromatic N) is 1. The van der Waals surface area contributed by atoms with Gasteiger partial charge in [0.2, 0.25) is 0 Å². The lowest BCUT2D eigenvalue weighted by Crippen LogP contribution is -2.40. The predicted molar refractivity (Wildman–Crippen MR) is 99.2 cm³/mol. The molecule has 1 heterocycles. The normalized spacial score (nSPS) is 29.7. The second kappa shape index (κ2) is 8.68. The van der Waals surface area contributed by atoms with E-state index in [1.807, 2.05) is 0 Å². The number of nitrogens with one attached hydrogen (secondary N) is 2. The SMILES string of the molecule is C[C@@H]1C[C@H](CNC(=O)NC[C@@H]2CC[C@H](O)C2)CN1Cc1ccccc1. The number of benzene rings is 1. The maximum absolute atomic E-state index is 12.0. The van der Waals surface area contributed by atoms with Gasteiger partial charge in [0.15, 0.2) is 0 Å². The topological polar surface area (TPSA) is 64.6 Å². The molecular weight excluding hydrogens is 314 g/mol. The molecule has 1 aromatic carbocycles. The molecule has 25 heavy (non-hydrogen) atoms. The fourth-order valence-electron chi connectivity index (χ4n) is 4.17. The molecule has 2 amide bonds. The summed E-state index contributed by atoms with van der Waals surface area (Å²) in [6.45, 7) is 5.69. The number of likely N-dealkylation sites (tertiary alicyclic amines) is 1. The Morgan fingerprint density at radius 1 is 1.12 bits per heavy atom. The second-order valence-electron chi connectivity index (χ2n) is 7.79. The molecular formula is C20H31N3O2. The van der Waals surface area contributed by atoms with Crippen LogP contribution >= 0.6 is 0 Å². The van der Waals surface area contributed by atoms with E-state index in [1.165, 1.54) is 5.56 Å². The van der Waals surface area contributed by atoms with Crippen LogP contribution in [0.2, 0.25) is 0 Å². The van der Waals surface area contributed by atoms with Crippen molar-refractivity contribution in [1.29, 1.82) is 0 Å². The molecule has 2 fully saturated rings. The summed E-state index contributed by atoms with van der Waals surface area (Å²) in [7, 11) is 0. The van der Waals surface area contributed by atoms with Gasteiger partial charge in [0, 0.05) is 32.2 Å². The minimum absolute atomic E-state index is 0.0736. The van der Waals surface area contributed by atoms with Crippen molar-refractivity contribution in [3.8, 4) is 0 Å². The fourth-order valence-corrected chi connectivity index (χ4v) is 4.17. The standard InChI is InChI=1S/C20H31N3O2/c1-15-9-18(14-23(15)13-16-5-3-2-4-6-16)12-22-20(25)21-11-17-7-8-19(24)10-17/h2-6,15,17-19,24H,7-14H2,1H3,(H2,21,22,25)/t15-,17-,18-,19+/m1/s1. The van der Waals surface area contributed by atoms with Gasteiger partial charge in [0.1, 0.15) is 0 Å². The molecule has 0 aromatic heterocycles. The molecule has 1 saturated carbocycles. The van der Waals surface area contributed by atoms with E-state index < -0.39 is 0 Å². The summed E-state index contributed by atoms with van der Waals surface area (Å²) in [6, 6.07) is 11.0. The van der Waals surface area contributed by atoms with Crippen LogP contribution in [0.4, 0.5) is 4.79 Å². The highest BCUT2D eigenvalue weighted by atomic mass is 16.3. The molecule has 5 nitrogen and oxygen atoms in total. The van der Waals surface area contributed by atoms with Crippen molar-refractivity contribution in [2.75, 3.05) is 19.6 Å².